The second kappa shape index (κ2) is 3.09. The highest BCUT2D eigenvalue weighted by molar-refractivity contribution is 6.51. The molecule has 0 radical (unpaired) electrons. The molecule has 1 aromatic carbocycles. The molecule has 4 nitrogen and oxygen atoms in total. The first-order chi connectivity index (χ1) is 7.70. The van der Waals surface area contributed by atoms with Crippen molar-refractivity contribution in [1.29, 1.82) is 0 Å². The van der Waals surface area contributed by atoms with Gasteiger partial charge in [0.2, 0.25) is 0 Å². The van der Waals surface area contributed by atoms with Crippen LogP contribution in [0.3, 0.4) is 0 Å². The molecule has 0 bridgehead atoms. The fraction of sp³-hybridized carbons (Fsp3) is 0.0909. The van der Waals surface area contributed by atoms with Crippen LogP contribution < -0.4 is 0 Å². The van der Waals surface area contributed by atoms with Crippen molar-refractivity contribution in [1.82, 2.24) is 5.01 Å². The van der Waals surface area contributed by atoms with Crippen molar-refractivity contribution in [3.05, 3.63) is 41.0 Å². The topological polar surface area (TPSA) is 52.9 Å². The number of carbonyl (C=O) groups is 1. The summed E-state index contributed by atoms with van der Waals surface area (Å²) < 4.78 is 0. The van der Waals surface area contributed by atoms with Crippen LogP contribution >= 0.6 is 11.6 Å². The zero-order chi connectivity index (χ0) is 11.3. The van der Waals surface area contributed by atoms with Gasteiger partial charge in [0.1, 0.15) is 6.04 Å². The molecule has 1 aromatic rings. The Labute approximate surface area is 96.4 Å². The molecule has 0 saturated heterocycles. The smallest absolute Gasteiger partial charge is 0.428 e. The highest BCUT2D eigenvalue weighted by Crippen LogP contribution is 2.47. The van der Waals surface area contributed by atoms with Crippen LogP contribution in [0.15, 0.2) is 34.9 Å². The monoisotopic (exact) mass is 234 g/mol. The lowest BCUT2D eigenvalue weighted by molar-refractivity contribution is 0.139. The summed E-state index contributed by atoms with van der Waals surface area (Å²) in [5, 5.41) is 14.5. The molecule has 1 atom stereocenters. The molecule has 0 fully saturated rings. The highest BCUT2D eigenvalue weighted by Gasteiger charge is 2.39. The molecule has 1 N–H and O–H groups in total. The van der Waals surface area contributed by atoms with Crippen LogP contribution in [0.2, 0.25) is 0 Å². The van der Waals surface area contributed by atoms with Gasteiger partial charge in [-0.3, -0.25) is 0 Å². The second-order valence-electron chi connectivity index (χ2n) is 3.63. The van der Waals surface area contributed by atoms with Crippen LogP contribution in [0.4, 0.5) is 4.79 Å². The van der Waals surface area contributed by atoms with Gasteiger partial charge in [-0.15, -0.1) is 0 Å². The quantitative estimate of drug-likeness (QED) is 0.750. The molecule has 2 aliphatic rings. The third kappa shape index (κ3) is 1.05. The summed E-state index contributed by atoms with van der Waals surface area (Å²) in [4.78, 5) is 11.0. The number of hydrogen-bond donors (Lipinski definition) is 1. The zero-order valence-electron chi connectivity index (χ0n) is 8.09. The molecule has 1 unspecified atom stereocenters. The number of hydrazone groups is 1. The molecule has 1 heterocycles. The van der Waals surface area contributed by atoms with E-state index in [0.717, 1.165) is 21.7 Å². The summed E-state index contributed by atoms with van der Waals surface area (Å²) in [6.07, 6.45) is 0.443. The van der Waals surface area contributed by atoms with Crippen molar-refractivity contribution in [2.45, 2.75) is 6.04 Å². The van der Waals surface area contributed by atoms with E-state index in [1.54, 1.807) is 0 Å². The number of rotatable bonds is 0. The number of nitrogens with zero attached hydrogens (tertiary/aromatic N) is 2. The summed E-state index contributed by atoms with van der Waals surface area (Å²) in [7, 11) is 0. The number of carboxylic acid groups (broad SMARTS) is 1. The first-order valence-electron chi connectivity index (χ1n) is 4.75. The summed E-state index contributed by atoms with van der Waals surface area (Å²) in [6.45, 7) is 0. The lowest BCUT2D eigenvalue weighted by Gasteiger charge is -2.17. The molecule has 0 aromatic heterocycles. The van der Waals surface area contributed by atoms with Crippen molar-refractivity contribution in [2.75, 3.05) is 0 Å². The fourth-order valence-corrected chi connectivity index (χ4v) is 2.44. The Morgan fingerprint density at radius 3 is 2.94 bits per heavy atom. The molecule has 80 valence electrons. The molecule has 0 saturated carbocycles. The number of amides is 1. The zero-order valence-corrected chi connectivity index (χ0v) is 8.85. The Morgan fingerprint density at radius 2 is 2.19 bits per heavy atom. The van der Waals surface area contributed by atoms with E-state index in [1.165, 1.54) is 6.21 Å². The minimum Gasteiger partial charge on any atom is -0.464 e. The average Bonchev–Trinajstić information content (AvgIpc) is 2.81. The van der Waals surface area contributed by atoms with Gasteiger partial charge in [-0.05, 0) is 11.1 Å². The van der Waals surface area contributed by atoms with E-state index in [9.17, 15) is 4.79 Å². The first-order valence-corrected chi connectivity index (χ1v) is 5.13. The van der Waals surface area contributed by atoms with E-state index < -0.39 is 6.09 Å². The maximum absolute atomic E-state index is 11.0. The Morgan fingerprint density at radius 1 is 1.44 bits per heavy atom. The Kier molecular flexibility index (Phi) is 1.82. The average molecular weight is 235 g/mol. The Hall–Kier alpha value is -1.81. The lowest BCUT2D eigenvalue weighted by Crippen LogP contribution is -2.25. The van der Waals surface area contributed by atoms with E-state index in [2.05, 4.69) is 5.10 Å². The van der Waals surface area contributed by atoms with Gasteiger partial charge in [0.05, 0.1) is 11.2 Å². The minimum absolute atomic E-state index is 0.374. The highest BCUT2D eigenvalue weighted by atomic mass is 35.5. The van der Waals surface area contributed by atoms with Gasteiger partial charge in [0.15, 0.2) is 0 Å². The number of halogens is 1. The fourth-order valence-electron chi connectivity index (χ4n) is 2.12. The molecule has 1 aliphatic carbocycles. The van der Waals surface area contributed by atoms with Gasteiger partial charge in [-0.2, -0.15) is 10.1 Å². The summed E-state index contributed by atoms with van der Waals surface area (Å²) in [6, 6.07) is 7.13. The van der Waals surface area contributed by atoms with Crippen LogP contribution in [0.25, 0.3) is 5.03 Å². The summed E-state index contributed by atoms with van der Waals surface area (Å²) >= 11 is 6.18. The normalized spacial score (nSPS) is 21.3. The van der Waals surface area contributed by atoms with Crippen LogP contribution in [0, 0.1) is 0 Å². The lowest BCUT2D eigenvalue weighted by atomic mass is 10.1. The molecule has 16 heavy (non-hydrogen) atoms. The SMILES string of the molecule is O=C(O)N1N=CC2=C(Cl)c3ccccc3C21. The van der Waals surface area contributed by atoms with Gasteiger partial charge in [0.25, 0.3) is 0 Å². The van der Waals surface area contributed by atoms with Crippen molar-refractivity contribution >= 4 is 28.9 Å². The van der Waals surface area contributed by atoms with Crippen LogP contribution in [0.1, 0.15) is 17.2 Å². The maximum Gasteiger partial charge on any atom is 0.428 e. The van der Waals surface area contributed by atoms with Gasteiger partial charge in [-0.1, -0.05) is 35.9 Å². The molecular weight excluding hydrogens is 228 g/mol. The van der Waals surface area contributed by atoms with E-state index in [1.807, 2.05) is 24.3 Å². The first kappa shape index (κ1) is 9.42. The van der Waals surface area contributed by atoms with Gasteiger partial charge in [-0.25, -0.2) is 4.79 Å². The maximum atomic E-state index is 11.0. The molecular formula is C11H7ClN2O2. The third-order valence-electron chi connectivity index (χ3n) is 2.80. The van der Waals surface area contributed by atoms with Crippen molar-refractivity contribution in [3.8, 4) is 0 Å². The molecule has 0 spiro atoms. The van der Waals surface area contributed by atoms with Crippen LogP contribution in [-0.4, -0.2) is 22.4 Å². The standard InChI is InChI=1S/C11H7ClN2O2/c12-9-6-3-1-2-4-7(6)10-8(9)5-13-14(10)11(15)16/h1-5,10H,(H,15,16). The predicted octanol–water partition coefficient (Wildman–Crippen LogP) is 2.67. The van der Waals surface area contributed by atoms with E-state index in [-0.39, 0.29) is 6.04 Å². The van der Waals surface area contributed by atoms with E-state index in [0.29, 0.717) is 5.03 Å². The third-order valence-corrected chi connectivity index (χ3v) is 3.22. The number of fused-ring (bicyclic) bond motifs is 3. The molecule has 1 aliphatic heterocycles. The Balaban J connectivity index is 2.19. The number of benzene rings is 1. The van der Waals surface area contributed by atoms with Gasteiger partial charge in [0, 0.05) is 5.57 Å². The molecule has 1 amide bonds. The van der Waals surface area contributed by atoms with Gasteiger partial charge >= 0.3 is 6.09 Å². The minimum atomic E-state index is -1.07. The molecule has 3 rings (SSSR count). The number of hydrogen-bond acceptors (Lipinski definition) is 2. The van der Waals surface area contributed by atoms with Gasteiger partial charge < -0.3 is 5.11 Å². The summed E-state index contributed by atoms with van der Waals surface area (Å²) in [5.74, 6) is 0. The van der Waals surface area contributed by atoms with Crippen molar-refractivity contribution in [3.63, 3.8) is 0 Å². The summed E-state index contributed by atoms with van der Waals surface area (Å²) in [5.41, 5.74) is 2.54. The van der Waals surface area contributed by atoms with Crippen molar-refractivity contribution < 1.29 is 9.90 Å². The largest absolute Gasteiger partial charge is 0.464 e. The van der Waals surface area contributed by atoms with Crippen LogP contribution in [-0.2, 0) is 0 Å². The van der Waals surface area contributed by atoms with E-state index in [4.69, 9.17) is 16.7 Å². The second-order valence-corrected chi connectivity index (χ2v) is 4.01. The Bertz CT molecular complexity index is 551. The van der Waals surface area contributed by atoms with E-state index >= 15 is 0 Å². The predicted molar refractivity (Wildman–Crippen MR) is 60.3 cm³/mol. The van der Waals surface area contributed by atoms with Crippen molar-refractivity contribution in [2.24, 2.45) is 5.10 Å². The van der Waals surface area contributed by atoms with Crippen LogP contribution in [0.5, 0.6) is 0 Å². The molecule has 5 heteroatoms.